The van der Waals surface area contributed by atoms with Gasteiger partial charge in [-0.25, -0.2) is 0 Å². The summed E-state index contributed by atoms with van der Waals surface area (Å²) in [5, 5.41) is 0. The highest BCUT2D eigenvalue weighted by atomic mass is 16.5. The molecule has 2 aliphatic rings. The minimum Gasteiger partial charge on any atom is -0.381 e. The molecule has 0 aromatic carbocycles. The highest BCUT2D eigenvalue weighted by Crippen LogP contribution is 2.31. The van der Waals surface area contributed by atoms with Crippen LogP contribution in [-0.4, -0.2) is 52.9 Å². The van der Waals surface area contributed by atoms with Gasteiger partial charge >= 0.3 is 0 Å². The predicted molar refractivity (Wildman–Crippen MR) is 86.8 cm³/mol. The molecular formula is C17H36O4. The van der Waals surface area contributed by atoms with Crippen LogP contribution < -0.4 is 0 Å². The zero-order valence-corrected chi connectivity index (χ0v) is 13.7. The smallest absolute Gasteiger partial charge is 0.0566 e. The second-order valence-corrected chi connectivity index (χ2v) is 5.97. The number of rotatable bonds is 8. The quantitative estimate of drug-likeness (QED) is 0.687. The first-order valence-electron chi connectivity index (χ1n) is 7.97. The molecule has 0 bridgehead atoms. The van der Waals surface area contributed by atoms with E-state index in [1.54, 1.807) is 0 Å². The van der Waals surface area contributed by atoms with Crippen molar-refractivity contribution in [1.82, 2.24) is 0 Å². The molecule has 21 heavy (non-hydrogen) atoms. The first-order chi connectivity index (χ1) is 9.66. The van der Waals surface area contributed by atoms with Crippen molar-refractivity contribution < 1.29 is 18.9 Å². The van der Waals surface area contributed by atoms with Crippen LogP contribution in [0.25, 0.3) is 0 Å². The Hall–Kier alpha value is -0.160. The monoisotopic (exact) mass is 304 g/mol. The summed E-state index contributed by atoms with van der Waals surface area (Å²) in [5.74, 6) is 0. The fourth-order valence-electron chi connectivity index (χ4n) is 2.20. The topological polar surface area (TPSA) is 36.9 Å². The SMILES string of the molecule is C.CCOCC1(CC)COC1.CCOCC1(CC)COC1. The molecule has 0 aromatic heterocycles. The Kier molecular flexibility index (Phi) is 10.5. The Balaban J connectivity index is 0.000000364. The van der Waals surface area contributed by atoms with Gasteiger partial charge in [0, 0.05) is 24.0 Å². The molecule has 2 fully saturated rings. The maximum absolute atomic E-state index is 5.35. The van der Waals surface area contributed by atoms with E-state index in [9.17, 15) is 0 Å². The van der Waals surface area contributed by atoms with Crippen LogP contribution in [0.5, 0.6) is 0 Å². The Morgan fingerprint density at radius 1 is 0.714 bits per heavy atom. The largest absolute Gasteiger partial charge is 0.381 e. The molecule has 0 radical (unpaired) electrons. The maximum atomic E-state index is 5.35. The van der Waals surface area contributed by atoms with Crippen molar-refractivity contribution in [1.29, 1.82) is 0 Å². The lowest BCUT2D eigenvalue weighted by molar-refractivity contribution is -0.149. The summed E-state index contributed by atoms with van der Waals surface area (Å²) in [4.78, 5) is 0. The third-order valence-corrected chi connectivity index (χ3v) is 4.36. The third-order valence-electron chi connectivity index (χ3n) is 4.36. The van der Waals surface area contributed by atoms with Gasteiger partial charge in [-0.1, -0.05) is 21.3 Å². The van der Waals surface area contributed by atoms with Crippen molar-refractivity contribution in [3.63, 3.8) is 0 Å². The van der Waals surface area contributed by atoms with Gasteiger partial charge in [0.15, 0.2) is 0 Å². The summed E-state index contributed by atoms with van der Waals surface area (Å²) in [6.07, 6.45) is 2.35. The Labute approximate surface area is 131 Å². The molecule has 0 aliphatic carbocycles. The van der Waals surface area contributed by atoms with Gasteiger partial charge in [0.1, 0.15) is 0 Å². The van der Waals surface area contributed by atoms with Crippen LogP contribution in [0.2, 0.25) is 0 Å². The van der Waals surface area contributed by atoms with E-state index in [1.165, 1.54) is 12.8 Å². The molecule has 4 nitrogen and oxygen atoms in total. The van der Waals surface area contributed by atoms with Crippen molar-refractivity contribution in [2.75, 3.05) is 52.9 Å². The second kappa shape index (κ2) is 10.5. The molecule has 2 rings (SSSR count). The summed E-state index contributed by atoms with van der Waals surface area (Å²) in [6.45, 7) is 15.4. The third kappa shape index (κ3) is 6.23. The molecule has 2 aliphatic heterocycles. The summed E-state index contributed by atoms with van der Waals surface area (Å²) in [5.41, 5.74) is 0.742. The molecule has 128 valence electrons. The molecular weight excluding hydrogens is 268 g/mol. The van der Waals surface area contributed by atoms with E-state index in [4.69, 9.17) is 18.9 Å². The van der Waals surface area contributed by atoms with Crippen LogP contribution in [0.4, 0.5) is 0 Å². The zero-order valence-electron chi connectivity index (χ0n) is 13.7. The van der Waals surface area contributed by atoms with Gasteiger partial charge in [-0.15, -0.1) is 0 Å². The Morgan fingerprint density at radius 2 is 1.05 bits per heavy atom. The van der Waals surface area contributed by atoms with E-state index < -0.39 is 0 Å². The van der Waals surface area contributed by atoms with Crippen molar-refractivity contribution >= 4 is 0 Å². The van der Waals surface area contributed by atoms with Gasteiger partial charge in [0.25, 0.3) is 0 Å². The Morgan fingerprint density at radius 3 is 1.19 bits per heavy atom. The van der Waals surface area contributed by atoms with Crippen LogP contribution in [0.3, 0.4) is 0 Å². The highest BCUT2D eigenvalue weighted by molar-refractivity contribution is 4.84. The van der Waals surface area contributed by atoms with Gasteiger partial charge in [-0.3, -0.25) is 0 Å². The van der Waals surface area contributed by atoms with Gasteiger partial charge in [-0.2, -0.15) is 0 Å². The normalized spacial score (nSPS) is 21.1. The number of ether oxygens (including phenoxy) is 4. The van der Waals surface area contributed by atoms with E-state index in [-0.39, 0.29) is 7.43 Å². The number of hydrogen-bond acceptors (Lipinski definition) is 4. The highest BCUT2D eigenvalue weighted by Gasteiger charge is 2.37. The molecule has 0 aromatic rings. The summed E-state index contributed by atoms with van der Waals surface area (Å²) < 4.78 is 21.0. The zero-order chi connectivity index (χ0) is 14.9. The predicted octanol–water partition coefficient (Wildman–Crippen LogP) is 3.54. The standard InChI is InChI=1S/2C8H16O2.CH4/c2*1-3-8(5-9-4-2)6-10-7-8;/h2*3-7H2,1-2H3;1H4. The van der Waals surface area contributed by atoms with Crippen LogP contribution in [-0.2, 0) is 18.9 Å². The summed E-state index contributed by atoms with van der Waals surface area (Å²) >= 11 is 0. The maximum Gasteiger partial charge on any atom is 0.0566 e. The van der Waals surface area contributed by atoms with Gasteiger partial charge in [0.2, 0.25) is 0 Å². The number of hydrogen-bond donors (Lipinski definition) is 0. The van der Waals surface area contributed by atoms with Crippen molar-refractivity contribution in [2.45, 2.75) is 48.0 Å². The molecule has 0 spiro atoms. The van der Waals surface area contributed by atoms with Gasteiger partial charge in [-0.05, 0) is 26.7 Å². The van der Waals surface area contributed by atoms with Gasteiger partial charge < -0.3 is 18.9 Å². The minimum atomic E-state index is 0. The fourth-order valence-corrected chi connectivity index (χ4v) is 2.20. The molecule has 0 saturated carbocycles. The second-order valence-electron chi connectivity index (χ2n) is 5.97. The first-order valence-corrected chi connectivity index (χ1v) is 7.97. The molecule has 0 atom stereocenters. The average molecular weight is 304 g/mol. The fraction of sp³-hybridized carbons (Fsp3) is 1.00. The molecule has 2 heterocycles. The van der Waals surface area contributed by atoms with E-state index in [2.05, 4.69) is 13.8 Å². The van der Waals surface area contributed by atoms with Crippen molar-refractivity contribution in [3.8, 4) is 0 Å². The van der Waals surface area contributed by atoms with E-state index in [0.717, 1.165) is 52.9 Å². The van der Waals surface area contributed by atoms with E-state index in [1.807, 2.05) is 13.8 Å². The van der Waals surface area contributed by atoms with Crippen LogP contribution >= 0.6 is 0 Å². The van der Waals surface area contributed by atoms with E-state index >= 15 is 0 Å². The van der Waals surface area contributed by atoms with Crippen LogP contribution in [0.15, 0.2) is 0 Å². The van der Waals surface area contributed by atoms with Crippen LogP contribution in [0, 0.1) is 10.8 Å². The van der Waals surface area contributed by atoms with Crippen LogP contribution in [0.1, 0.15) is 48.0 Å². The molecule has 2 saturated heterocycles. The minimum absolute atomic E-state index is 0. The summed E-state index contributed by atoms with van der Waals surface area (Å²) in [7, 11) is 0. The summed E-state index contributed by atoms with van der Waals surface area (Å²) in [6, 6.07) is 0. The van der Waals surface area contributed by atoms with Crippen molar-refractivity contribution in [3.05, 3.63) is 0 Å². The first kappa shape index (κ1) is 20.8. The molecule has 0 unspecified atom stereocenters. The lowest BCUT2D eigenvalue weighted by atomic mass is 9.84. The average Bonchev–Trinajstić information content (AvgIpc) is 2.38. The van der Waals surface area contributed by atoms with Crippen molar-refractivity contribution in [2.24, 2.45) is 10.8 Å². The van der Waals surface area contributed by atoms with Gasteiger partial charge in [0.05, 0.1) is 39.6 Å². The lowest BCUT2D eigenvalue weighted by Gasteiger charge is -2.40. The Bertz CT molecular complexity index is 210. The van der Waals surface area contributed by atoms with E-state index in [0.29, 0.717) is 10.8 Å². The molecule has 0 N–H and O–H groups in total. The lowest BCUT2D eigenvalue weighted by Crippen LogP contribution is -2.45. The molecule has 0 amide bonds. The molecule has 4 heteroatoms.